The van der Waals surface area contributed by atoms with Crippen molar-refractivity contribution >= 4 is 11.6 Å². The molecule has 16 heavy (non-hydrogen) atoms. The summed E-state index contributed by atoms with van der Waals surface area (Å²) in [6, 6.07) is 4.08. The van der Waals surface area contributed by atoms with Gasteiger partial charge in [-0.15, -0.1) is 5.10 Å². The Kier molecular flexibility index (Phi) is 2.25. The minimum atomic E-state index is 0.323. The van der Waals surface area contributed by atoms with E-state index < -0.39 is 0 Å². The number of ether oxygens (including phenoxy) is 1. The first-order valence-electron chi connectivity index (χ1n) is 5.52. The summed E-state index contributed by atoms with van der Waals surface area (Å²) in [5.74, 6) is 0.896. The van der Waals surface area contributed by atoms with Gasteiger partial charge in [-0.1, -0.05) is 6.07 Å². The molecule has 1 aliphatic rings. The Hall–Kier alpha value is -1.62. The van der Waals surface area contributed by atoms with Crippen LogP contribution < -0.4 is 5.73 Å². The molecular formula is C11H14N4O. The summed E-state index contributed by atoms with van der Waals surface area (Å²) in [5.41, 5.74) is 7.65. The number of hydrogen-bond acceptors (Lipinski definition) is 4. The summed E-state index contributed by atoms with van der Waals surface area (Å²) in [6.07, 6.45) is 4.18. The Labute approximate surface area is 93.2 Å². The predicted molar refractivity (Wildman–Crippen MR) is 60.2 cm³/mol. The van der Waals surface area contributed by atoms with Gasteiger partial charge in [-0.3, -0.25) is 0 Å². The number of nitrogens with two attached hydrogens (primary N) is 1. The number of rotatable bonds is 1. The molecule has 0 atom stereocenters. The Morgan fingerprint density at radius 1 is 1.31 bits per heavy atom. The predicted octanol–water partition coefficient (Wildman–Crippen LogP) is 1.21. The molecular weight excluding hydrogens is 204 g/mol. The van der Waals surface area contributed by atoms with E-state index in [1.165, 1.54) is 5.56 Å². The van der Waals surface area contributed by atoms with Crippen molar-refractivity contribution in [1.29, 1.82) is 0 Å². The molecule has 3 heterocycles. The summed E-state index contributed by atoms with van der Waals surface area (Å²) in [7, 11) is 0. The van der Waals surface area contributed by atoms with Crippen molar-refractivity contribution in [3.8, 4) is 0 Å². The first-order valence-corrected chi connectivity index (χ1v) is 5.52. The minimum Gasteiger partial charge on any atom is -0.381 e. The zero-order valence-corrected chi connectivity index (χ0v) is 8.97. The molecule has 2 aromatic rings. The van der Waals surface area contributed by atoms with E-state index in [4.69, 9.17) is 10.5 Å². The molecule has 0 saturated carbocycles. The van der Waals surface area contributed by atoms with Gasteiger partial charge < -0.3 is 10.5 Å². The molecule has 5 nitrogen and oxygen atoms in total. The number of nitrogens with zero attached hydrogens (tertiary/aromatic N) is 3. The SMILES string of the molecule is Nc1nc2ccc(C3CCOCC3)cn2n1. The smallest absolute Gasteiger partial charge is 0.240 e. The number of nitrogen functional groups attached to an aromatic ring is 1. The fourth-order valence-corrected chi connectivity index (χ4v) is 2.19. The van der Waals surface area contributed by atoms with Crippen molar-refractivity contribution in [3.05, 3.63) is 23.9 Å². The minimum absolute atomic E-state index is 0.323. The third kappa shape index (κ3) is 1.63. The molecule has 3 rings (SSSR count). The lowest BCUT2D eigenvalue weighted by Gasteiger charge is -2.22. The lowest BCUT2D eigenvalue weighted by molar-refractivity contribution is 0.0852. The summed E-state index contributed by atoms with van der Waals surface area (Å²) < 4.78 is 7.11. The van der Waals surface area contributed by atoms with Crippen molar-refractivity contribution in [1.82, 2.24) is 14.6 Å². The maximum atomic E-state index is 5.56. The van der Waals surface area contributed by atoms with Crippen molar-refractivity contribution in [2.75, 3.05) is 18.9 Å². The van der Waals surface area contributed by atoms with Crippen molar-refractivity contribution in [3.63, 3.8) is 0 Å². The Morgan fingerprint density at radius 2 is 2.12 bits per heavy atom. The molecule has 2 N–H and O–H groups in total. The van der Waals surface area contributed by atoms with E-state index >= 15 is 0 Å². The van der Waals surface area contributed by atoms with Crippen molar-refractivity contribution < 1.29 is 4.74 Å². The maximum absolute atomic E-state index is 5.56. The molecule has 2 aromatic heterocycles. The highest BCUT2D eigenvalue weighted by atomic mass is 16.5. The number of fused-ring (bicyclic) bond motifs is 1. The zero-order valence-electron chi connectivity index (χ0n) is 8.97. The molecule has 0 aliphatic carbocycles. The first kappa shape index (κ1) is 9.59. The first-order chi connectivity index (χ1) is 7.83. The Morgan fingerprint density at radius 3 is 2.94 bits per heavy atom. The van der Waals surface area contributed by atoms with Gasteiger partial charge in [0.05, 0.1) is 0 Å². The van der Waals surface area contributed by atoms with Crippen LogP contribution in [0.5, 0.6) is 0 Å². The van der Waals surface area contributed by atoms with Crippen molar-refractivity contribution in [2.45, 2.75) is 18.8 Å². The summed E-state index contributed by atoms with van der Waals surface area (Å²) in [6.45, 7) is 1.70. The summed E-state index contributed by atoms with van der Waals surface area (Å²) >= 11 is 0. The van der Waals surface area contributed by atoms with Gasteiger partial charge in [0.25, 0.3) is 0 Å². The lowest BCUT2D eigenvalue weighted by atomic mass is 9.93. The van der Waals surface area contributed by atoms with Crippen LogP contribution in [-0.4, -0.2) is 27.8 Å². The normalized spacial score (nSPS) is 18.0. The molecule has 84 valence electrons. The average molecular weight is 218 g/mol. The Bertz CT molecular complexity index is 502. The van der Waals surface area contributed by atoms with E-state index in [1.54, 1.807) is 4.52 Å². The Balaban J connectivity index is 1.97. The largest absolute Gasteiger partial charge is 0.381 e. The molecule has 0 amide bonds. The highest BCUT2D eigenvalue weighted by Gasteiger charge is 2.16. The van der Waals surface area contributed by atoms with E-state index in [9.17, 15) is 0 Å². The summed E-state index contributed by atoms with van der Waals surface area (Å²) in [5, 5.41) is 4.12. The third-order valence-electron chi connectivity index (χ3n) is 3.06. The lowest BCUT2D eigenvalue weighted by Crippen LogP contribution is -2.14. The summed E-state index contributed by atoms with van der Waals surface area (Å²) in [4.78, 5) is 4.10. The van der Waals surface area contributed by atoms with Crippen LogP contribution in [0.3, 0.4) is 0 Å². The van der Waals surface area contributed by atoms with Crippen LogP contribution in [0.2, 0.25) is 0 Å². The van der Waals surface area contributed by atoms with Gasteiger partial charge in [0.15, 0.2) is 5.65 Å². The molecule has 1 saturated heterocycles. The topological polar surface area (TPSA) is 65.4 Å². The fourth-order valence-electron chi connectivity index (χ4n) is 2.19. The molecule has 1 aliphatic heterocycles. The van der Waals surface area contributed by atoms with E-state index in [-0.39, 0.29) is 0 Å². The number of aromatic nitrogens is 3. The maximum Gasteiger partial charge on any atom is 0.240 e. The highest BCUT2D eigenvalue weighted by molar-refractivity contribution is 5.43. The molecule has 0 spiro atoms. The average Bonchev–Trinajstić information content (AvgIpc) is 2.69. The third-order valence-corrected chi connectivity index (χ3v) is 3.06. The molecule has 0 unspecified atom stereocenters. The monoisotopic (exact) mass is 218 g/mol. The van der Waals surface area contributed by atoms with Crippen LogP contribution in [0.15, 0.2) is 18.3 Å². The fraction of sp³-hybridized carbons (Fsp3) is 0.455. The number of pyridine rings is 1. The highest BCUT2D eigenvalue weighted by Crippen LogP contribution is 2.26. The molecule has 0 aromatic carbocycles. The van der Waals surface area contributed by atoms with Crippen LogP contribution in [0, 0.1) is 0 Å². The molecule has 0 radical (unpaired) electrons. The van der Waals surface area contributed by atoms with Gasteiger partial charge in [0.2, 0.25) is 5.95 Å². The van der Waals surface area contributed by atoms with Gasteiger partial charge >= 0.3 is 0 Å². The van der Waals surface area contributed by atoms with Crippen LogP contribution >= 0.6 is 0 Å². The second-order valence-corrected chi connectivity index (χ2v) is 4.12. The molecule has 1 fully saturated rings. The van der Waals surface area contributed by atoms with E-state index in [2.05, 4.69) is 16.1 Å². The van der Waals surface area contributed by atoms with Gasteiger partial charge in [-0.05, 0) is 30.4 Å². The van der Waals surface area contributed by atoms with E-state index in [1.807, 2.05) is 12.3 Å². The van der Waals surface area contributed by atoms with Crippen LogP contribution in [0.25, 0.3) is 5.65 Å². The second-order valence-electron chi connectivity index (χ2n) is 4.12. The molecule has 0 bridgehead atoms. The van der Waals surface area contributed by atoms with Gasteiger partial charge in [-0.2, -0.15) is 4.98 Å². The number of hydrogen-bond donors (Lipinski definition) is 1. The van der Waals surface area contributed by atoms with E-state index in [0.717, 1.165) is 31.7 Å². The standard InChI is InChI=1S/C11H14N4O/c12-11-13-10-2-1-9(7-15(10)14-11)8-3-5-16-6-4-8/h1-2,7-8H,3-6H2,(H2,12,14). The van der Waals surface area contributed by atoms with Gasteiger partial charge in [0, 0.05) is 19.4 Å². The zero-order chi connectivity index (χ0) is 11.0. The van der Waals surface area contributed by atoms with Gasteiger partial charge in [-0.25, -0.2) is 4.52 Å². The quantitative estimate of drug-likeness (QED) is 0.781. The molecule has 5 heteroatoms. The van der Waals surface area contributed by atoms with Crippen molar-refractivity contribution in [2.24, 2.45) is 0 Å². The second kappa shape index (κ2) is 3.75. The van der Waals surface area contributed by atoms with Crippen LogP contribution in [0.1, 0.15) is 24.3 Å². The number of anilines is 1. The van der Waals surface area contributed by atoms with Crippen LogP contribution in [0.4, 0.5) is 5.95 Å². The van der Waals surface area contributed by atoms with Gasteiger partial charge in [0.1, 0.15) is 0 Å². The van der Waals surface area contributed by atoms with E-state index in [0.29, 0.717) is 11.9 Å². The van der Waals surface area contributed by atoms with Crippen LogP contribution in [-0.2, 0) is 4.74 Å².